The first kappa shape index (κ1) is 31.7. The molecule has 0 saturated carbocycles. The van der Waals surface area contributed by atoms with Gasteiger partial charge in [-0.15, -0.1) is 11.8 Å². The largest absolute Gasteiger partial charge is 0.491 e. The van der Waals surface area contributed by atoms with E-state index in [0.29, 0.717) is 43.3 Å². The molecule has 2 aromatic carbocycles. The van der Waals surface area contributed by atoms with Crippen molar-refractivity contribution in [1.29, 1.82) is 0 Å². The Kier molecular flexibility index (Phi) is 12.3. The second-order valence-corrected chi connectivity index (χ2v) is 11.7. The minimum absolute atomic E-state index is 0.241. The zero-order valence-electron chi connectivity index (χ0n) is 24.7. The molecule has 218 valence electrons. The maximum Gasteiger partial charge on any atom is 0.407 e. The van der Waals surface area contributed by atoms with Gasteiger partial charge in [0.1, 0.15) is 17.0 Å². The average Bonchev–Trinajstić information content (AvgIpc) is 2.92. The first-order valence-corrected chi connectivity index (χ1v) is 14.9. The number of hydrogen-bond donors (Lipinski definition) is 2. The molecule has 41 heavy (non-hydrogen) atoms. The number of alkyl carbamates (subject to hydrolysis) is 1. The van der Waals surface area contributed by atoms with Crippen LogP contribution in [0.1, 0.15) is 55.3 Å². The number of hydrogen-bond acceptors (Lipinski definition) is 6. The lowest BCUT2D eigenvalue weighted by Gasteiger charge is -2.19. The standard InChI is InChI=1S/C33H41N3O4S/c1-24-11-9-12-25(2)31(24)41-23-27-15-17-29(39-22-19-26-13-7-6-8-14-26)28(36-27)16-18-30(37)34-20-10-21-35-32(38)40-33(3,4)5/h6-9,11-18H,10,19-23H2,1-5H3,(H,34,37)(H,35,38)/b18-16+. The molecule has 8 heteroatoms. The molecule has 0 radical (unpaired) electrons. The minimum Gasteiger partial charge on any atom is -0.491 e. The highest BCUT2D eigenvalue weighted by atomic mass is 32.2. The van der Waals surface area contributed by atoms with Crippen molar-refractivity contribution >= 4 is 29.8 Å². The highest BCUT2D eigenvalue weighted by Gasteiger charge is 2.15. The summed E-state index contributed by atoms with van der Waals surface area (Å²) in [4.78, 5) is 30.3. The highest BCUT2D eigenvalue weighted by molar-refractivity contribution is 7.98. The molecule has 0 aliphatic heterocycles. The summed E-state index contributed by atoms with van der Waals surface area (Å²) in [5, 5.41) is 5.53. The number of nitrogens with zero attached hydrogens (tertiary/aromatic N) is 1. The van der Waals surface area contributed by atoms with Crippen molar-refractivity contribution in [3.63, 3.8) is 0 Å². The fourth-order valence-corrected chi connectivity index (χ4v) is 4.99. The lowest BCUT2D eigenvalue weighted by Crippen LogP contribution is -2.34. The van der Waals surface area contributed by atoms with Crippen LogP contribution in [0.25, 0.3) is 6.08 Å². The monoisotopic (exact) mass is 575 g/mol. The van der Waals surface area contributed by atoms with Crippen LogP contribution >= 0.6 is 11.8 Å². The quantitative estimate of drug-likeness (QED) is 0.135. The topological polar surface area (TPSA) is 89.6 Å². The molecule has 0 aliphatic rings. The fourth-order valence-electron chi connectivity index (χ4n) is 3.94. The summed E-state index contributed by atoms with van der Waals surface area (Å²) in [5.74, 6) is 1.09. The third-order valence-electron chi connectivity index (χ3n) is 5.92. The molecule has 0 unspecified atom stereocenters. The van der Waals surface area contributed by atoms with E-state index in [-0.39, 0.29) is 5.91 Å². The maximum absolute atomic E-state index is 12.5. The molecule has 0 atom stereocenters. The van der Waals surface area contributed by atoms with Crippen LogP contribution in [0.2, 0.25) is 0 Å². The molecule has 1 heterocycles. The van der Waals surface area contributed by atoms with Gasteiger partial charge in [-0.25, -0.2) is 9.78 Å². The second-order valence-electron chi connectivity index (χ2n) is 10.7. The SMILES string of the molecule is Cc1cccc(C)c1SCc1ccc(OCCc2ccccc2)c(/C=C/C(=O)NCCCNC(=O)OC(C)(C)C)n1. The first-order valence-electron chi connectivity index (χ1n) is 13.9. The number of nitrogens with one attached hydrogen (secondary N) is 2. The zero-order valence-corrected chi connectivity index (χ0v) is 25.5. The van der Waals surface area contributed by atoms with Crippen LogP contribution in [0.4, 0.5) is 4.79 Å². The summed E-state index contributed by atoms with van der Waals surface area (Å²) in [6, 6.07) is 20.4. The molecule has 1 aromatic heterocycles. The van der Waals surface area contributed by atoms with Gasteiger partial charge in [0.15, 0.2) is 0 Å². The number of benzene rings is 2. The number of aryl methyl sites for hydroxylation is 2. The number of carbonyl (C=O) groups is 2. The summed E-state index contributed by atoms with van der Waals surface area (Å²) in [7, 11) is 0. The van der Waals surface area contributed by atoms with Gasteiger partial charge < -0.3 is 20.1 Å². The summed E-state index contributed by atoms with van der Waals surface area (Å²) in [6.45, 7) is 11.0. The number of rotatable bonds is 13. The predicted octanol–water partition coefficient (Wildman–Crippen LogP) is 6.66. The molecule has 2 amide bonds. The van der Waals surface area contributed by atoms with E-state index in [9.17, 15) is 9.59 Å². The van der Waals surface area contributed by atoms with E-state index in [1.807, 2.05) is 51.1 Å². The van der Waals surface area contributed by atoms with Gasteiger partial charge in [-0.1, -0.05) is 48.5 Å². The summed E-state index contributed by atoms with van der Waals surface area (Å²) < 4.78 is 11.3. The fraction of sp³-hybridized carbons (Fsp3) is 0.364. The second kappa shape index (κ2) is 15.9. The Morgan fingerprint density at radius 1 is 0.927 bits per heavy atom. The van der Waals surface area contributed by atoms with Crippen LogP contribution in [-0.2, 0) is 21.7 Å². The first-order chi connectivity index (χ1) is 19.6. The van der Waals surface area contributed by atoms with Crippen LogP contribution < -0.4 is 15.4 Å². The minimum atomic E-state index is -0.545. The molecule has 0 fully saturated rings. The third kappa shape index (κ3) is 11.7. The maximum atomic E-state index is 12.5. The van der Waals surface area contributed by atoms with E-state index in [1.54, 1.807) is 17.8 Å². The van der Waals surface area contributed by atoms with Crippen molar-refractivity contribution < 1.29 is 19.1 Å². The molecule has 3 aromatic rings. The molecule has 7 nitrogen and oxygen atoms in total. The number of ether oxygens (including phenoxy) is 2. The van der Waals surface area contributed by atoms with Gasteiger partial charge in [0, 0.05) is 36.2 Å². The number of aromatic nitrogens is 1. The van der Waals surface area contributed by atoms with Gasteiger partial charge >= 0.3 is 6.09 Å². The zero-order chi connectivity index (χ0) is 29.7. The Labute approximate surface area is 248 Å². The van der Waals surface area contributed by atoms with Gasteiger partial charge in [-0.2, -0.15) is 0 Å². The Morgan fingerprint density at radius 2 is 1.63 bits per heavy atom. The van der Waals surface area contributed by atoms with Gasteiger partial charge in [0.25, 0.3) is 0 Å². The smallest absolute Gasteiger partial charge is 0.407 e. The summed E-state index contributed by atoms with van der Waals surface area (Å²) in [5.41, 5.74) is 4.65. The number of thioether (sulfide) groups is 1. The van der Waals surface area contributed by atoms with Crippen molar-refractivity contribution in [2.24, 2.45) is 0 Å². The normalized spacial score (nSPS) is 11.3. The van der Waals surface area contributed by atoms with Crippen LogP contribution in [0, 0.1) is 13.8 Å². The van der Waals surface area contributed by atoms with Crippen molar-refractivity contribution in [3.8, 4) is 5.75 Å². The Morgan fingerprint density at radius 3 is 2.34 bits per heavy atom. The number of carbonyl (C=O) groups excluding carboxylic acids is 2. The lowest BCUT2D eigenvalue weighted by molar-refractivity contribution is -0.116. The van der Waals surface area contributed by atoms with E-state index in [2.05, 4.69) is 54.8 Å². The molecule has 2 N–H and O–H groups in total. The Bertz CT molecular complexity index is 1300. The molecule has 3 rings (SSSR count). The van der Waals surface area contributed by atoms with E-state index in [4.69, 9.17) is 14.5 Å². The van der Waals surface area contributed by atoms with Gasteiger partial charge in [0.2, 0.25) is 5.91 Å². The average molecular weight is 576 g/mol. The third-order valence-corrected chi connectivity index (χ3v) is 7.29. The van der Waals surface area contributed by atoms with Gasteiger partial charge in [0.05, 0.1) is 12.3 Å². The lowest BCUT2D eigenvalue weighted by atomic mass is 10.2. The Balaban J connectivity index is 1.60. The van der Waals surface area contributed by atoms with E-state index in [0.717, 1.165) is 12.1 Å². The molecule has 0 spiro atoms. The van der Waals surface area contributed by atoms with Crippen LogP contribution in [0.15, 0.2) is 71.6 Å². The molecule has 0 saturated heterocycles. The van der Waals surface area contributed by atoms with E-state index >= 15 is 0 Å². The van der Waals surface area contributed by atoms with Crippen LogP contribution in [0.3, 0.4) is 0 Å². The van der Waals surface area contributed by atoms with Crippen molar-refractivity contribution in [2.75, 3.05) is 19.7 Å². The van der Waals surface area contributed by atoms with E-state index < -0.39 is 11.7 Å². The van der Waals surface area contributed by atoms with E-state index in [1.165, 1.54) is 27.7 Å². The summed E-state index contributed by atoms with van der Waals surface area (Å²) >= 11 is 1.76. The van der Waals surface area contributed by atoms with Crippen LogP contribution in [-0.4, -0.2) is 42.3 Å². The van der Waals surface area contributed by atoms with Gasteiger partial charge in [-0.05, 0) is 75.9 Å². The Hall–Kier alpha value is -3.78. The molecular formula is C33H41N3O4S. The van der Waals surface area contributed by atoms with Gasteiger partial charge in [-0.3, -0.25) is 4.79 Å². The molecule has 0 bridgehead atoms. The number of pyridine rings is 1. The summed E-state index contributed by atoms with van der Waals surface area (Å²) in [6.07, 6.45) is 4.04. The number of amides is 2. The predicted molar refractivity (Wildman–Crippen MR) is 166 cm³/mol. The highest BCUT2D eigenvalue weighted by Crippen LogP contribution is 2.30. The van der Waals surface area contributed by atoms with Crippen molar-refractivity contribution in [2.45, 2.75) is 63.7 Å². The van der Waals surface area contributed by atoms with Crippen LogP contribution in [0.5, 0.6) is 5.75 Å². The molecular weight excluding hydrogens is 534 g/mol. The molecule has 0 aliphatic carbocycles. The van der Waals surface area contributed by atoms with Crippen molar-refractivity contribution in [3.05, 3.63) is 94.8 Å². The van der Waals surface area contributed by atoms with Crippen molar-refractivity contribution in [1.82, 2.24) is 15.6 Å².